The summed E-state index contributed by atoms with van der Waals surface area (Å²) in [5, 5.41) is 9.96. The van der Waals surface area contributed by atoms with E-state index in [1.807, 2.05) is 19.2 Å². The average molecular weight is 494 g/mol. The Bertz CT molecular complexity index is 956. The number of carbonyl (C=O) groups excluding carboxylic acids is 1. The van der Waals surface area contributed by atoms with Crippen LogP contribution in [-0.4, -0.2) is 52.3 Å². The van der Waals surface area contributed by atoms with Crippen LogP contribution in [0.15, 0.2) is 49.0 Å². The van der Waals surface area contributed by atoms with Crippen LogP contribution in [0.1, 0.15) is 29.5 Å². The minimum atomic E-state index is -1.38. The molecule has 0 amide bonds. The minimum absolute atomic E-state index is 0. The largest absolute Gasteiger partial charge is 0.523 e. The van der Waals surface area contributed by atoms with Crippen molar-refractivity contribution in [1.82, 2.24) is 4.90 Å². The predicted octanol–water partition coefficient (Wildman–Crippen LogP) is 4.00. The molecular weight excluding hydrogens is 463 g/mol. The molecule has 0 aliphatic carbocycles. The van der Waals surface area contributed by atoms with E-state index in [9.17, 15) is 10.1 Å². The van der Waals surface area contributed by atoms with Gasteiger partial charge in [0.05, 0.1) is 27.4 Å². The predicted molar refractivity (Wildman–Crippen MR) is 124 cm³/mol. The number of likely N-dealkylation sites (N-methyl/N-ethyl adjacent to an activating group) is 1. The minimum Gasteiger partial charge on any atom is -0.523 e. The van der Waals surface area contributed by atoms with Gasteiger partial charge in [-0.1, -0.05) is 30.8 Å². The van der Waals surface area contributed by atoms with Crippen molar-refractivity contribution in [3.63, 3.8) is 0 Å². The zero-order chi connectivity index (χ0) is 23.6. The van der Waals surface area contributed by atoms with Crippen LogP contribution >= 0.6 is 0 Å². The molecular formula is C26H31CoN2O4-. The Morgan fingerprint density at radius 2 is 1.85 bits per heavy atom. The van der Waals surface area contributed by atoms with E-state index in [0.717, 1.165) is 25.1 Å². The summed E-state index contributed by atoms with van der Waals surface area (Å²) in [5.74, 6) is 0.561. The maximum atomic E-state index is 12.6. The van der Waals surface area contributed by atoms with Crippen LogP contribution in [0.4, 0.5) is 0 Å². The Morgan fingerprint density at radius 3 is 2.42 bits per heavy atom. The third kappa shape index (κ3) is 7.36. The molecule has 0 aromatic heterocycles. The van der Waals surface area contributed by atoms with Crippen LogP contribution in [0.3, 0.4) is 0 Å². The molecule has 179 valence electrons. The van der Waals surface area contributed by atoms with Crippen LogP contribution < -0.4 is 4.74 Å². The molecule has 0 saturated carbocycles. The van der Waals surface area contributed by atoms with Gasteiger partial charge >= 0.3 is 5.97 Å². The Morgan fingerprint density at radius 1 is 1.15 bits per heavy atom. The van der Waals surface area contributed by atoms with Crippen LogP contribution in [0.5, 0.6) is 5.75 Å². The molecule has 1 radical (unpaired) electrons. The third-order valence-electron chi connectivity index (χ3n) is 5.61. The number of nitriles is 1. The summed E-state index contributed by atoms with van der Waals surface area (Å²) in [4.78, 5) is 14.8. The first-order valence-electron chi connectivity index (χ1n) is 10.5. The van der Waals surface area contributed by atoms with E-state index in [0.29, 0.717) is 29.9 Å². The SMILES string of the molecule is C=C(OC)c1ccc(CCN(C)CCCC(C#N)(C(=O)OC)c2cc[c-]c(OC)c2)cc1.[Co]. The number of nitrogens with zero attached hydrogens (tertiary/aromatic N) is 2. The van der Waals surface area contributed by atoms with Crippen molar-refractivity contribution in [2.75, 3.05) is 41.5 Å². The van der Waals surface area contributed by atoms with Gasteiger partial charge in [-0.2, -0.15) is 17.4 Å². The summed E-state index contributed by atoms with van der Waals surface area (Å²) < 4.78 is 15.4. The van der Waals surface area contributed by atoms with E-state index in [1.54, 1.807) is 25.3 Å². The van der Waals surface area contributed by atoms with Gasteiger partial charge in [-0.25, -0.2) is 0 Å². The van der Waals surface area contributed by atoms with Gasteiger partial charge in [0.1, 0.15) is 5.76 Å². The maximum absolute atomic E-state index is 12.6. The first-order valence-corrected chi connectivity index (χ1v) is 10.5. The molecule has 2 aromatic rings. The smallest absolute Gasteiger partial charge is 0.328 e. The standard InChI is InChI=1S/C26H31N2O4.Co/c1-20(30-3)22-12-10-21(11-13-22)14-17-28(2)16-7-15-26(19-27,25(29)32-5)23-8-6-9-24(18-23)31-4;/h6,8,10-13,18H,1,7,14-17H2,2-5H3;/q-1;. The van der Waals surface area contributed by atoms with Gasteiger partial charge in [-0.15, -0.1) is 17.7 Å². The number of hydrogen-bond acceptors (Lipinski definition) is 6. The number of carbonyl (C=O) groups is 1. The van der Waals surface area contributed by atoms with Crippen LogP contribution in [0, 0.1) is 17.4 Å². The fourth-order valence-corrected chi connectivity index (χ4v) is 3.55. The Kier molecular flexibility index (Phi) is 11.7. The fraction of sp³-hybridized carbons (Fsp3) is 0.385. The summed E-state index contributed by atoms with van der Waals surface area (Å²) in [6.45, 7) is 5.47. The molecule has 6 nitrogen and oxygen atoms in total. The van der Waals surface area contributed by atoms with Gasteiger partial charge < -0.3 is 19.1 Å². The Labute approximate surface area is 207 Å². The van der Waals surface area contributed by atoms with Crippen molar-refractivity contribution >= 4 is 11.7 Å². The molecule has 33 heavy (non-hydrogen) atoms. The van der Waals surface area contributed by atoms with E-state index in [1.165, 1.54) is 19.8 Å². The van der Waals surface area contributed by atoms with Crippen molar-refractivity contribution in [2.45, 2.75) is 24.7 Å². The zero-order valence-corrected chi connectivity index (χ0v) is 20.7. The molecule has 0 spiro atoms. The number of ether oxygens (including phenoxy) is 3. The molecule has 0 aliphatic heterocycles. The topological polar surface area (TPSA) is 71.8 Å². The second-order valence-electron chi connectivity index (χ2n) is 7.64. The zero-order valence-electron chi connectivity index (χ0n) is 19.6. The van der Waals surface area contributed by atoms with Gasteiger partial charge in [0.2, 0.25) is 0 Å². The summed E-state index contributed by atoms with van der Waals surface area (Å²) in [6, 6.07) is 18.3. The van der Waals surface area contributed by atoms with Crippen LogP contribution in [0.2, 0.25) is 0 Å². The molecule has 0 N–H and O–H groups in total. The van der Waals surface area contributed by atoms with E-state index >= 15 is 0 Å². The molecule has 7 heteroatoms. The summed E-state index contributed by atoms with van der Waals surface area (Å²) >= 11 is 0. The molecule has 0 aliphatic rings. The quantitative estimate of drug-likeness (QED) is 0.252. The Hall–Kier alpha value is -2.79. The third-order valence-corrected chi connectivity index (χ3v) is 5.61. The summed E-state index contributed by atoms with van der Waals surface area (Å²) in [7, 11) is 6.48. The number of hydrogen-bond donors (Lipinski definition) is 0. The monoisotopic (exact) mass is 494 g/mol. The van der Waals surface area contributed by atoms with Gasteiger partial charge in [0.25, 0.3) is 0 Å². The van der Waals surface area contributed by atoms with Gasteiger partial charge in [-0.05, 0) is 38.4 Å². The van der Waals surface area contributed by atoms with Crippen molar-refractivity contribution in [1.29, 1.82) is 5.26 Å². The Balaban J connectivity index is 0.00000544. The molecule has 2 rings (SSSR count). The van der Waals surface area contributed by atoms with E-state index in [2.05, 4.69) is 35.7 Å². The van der Waals surface area contributed by atoms with Crippen LogP contribution in [0.25, 0.3) is 5.76 Å². The van der Waals surface area contributed by atoms with Crippen molar-refractivity contribution in [3.05, 3.63) is 71.8 Å². The first kappa shape index (κ1) is 28.2. The second kappa shape index (κ2) is 13.7. The molecule has 0 fully saturated rings. The van der Waals surface area contributed by atoms with Gasteiger partial charge in [0.15, 0.2) is 5.41 Å². The molecule has 1 unspecified atom stereocenters. The molecule has 0 heterocycles. The van der Waals surface area contributed by atoms with E-state index in [4.69, 9.17) is 14.2 Å². The number of benzene rings is 2. The van der Waals surface area contributed by atoms with Crippen LogP contribution in [-0.2, 0) is 42.9 Å². The van der Waals surface area contributed by atoms with Gasteiger partial charge in [-0.3, -0.25) is 4.79 Å². The normalized spacial score (nSPS) is 12.1. The molecule has 1 atom stereocenters. The molecule has 0 saturated heterocycles. The van der Waals surface area contributed by atoms with E-state index in [-0.39, 0.29) is 16.8 Å². The van der Waals surface area contributed by atoms with Crippen molar-refractivity contribution < 1.29 is 35.8 Å². The van der Waals surface area contributed by atoms with Crippen molar-refractivity contribution in [3.8, 4) is 11.8 Å². The number of rotatable bonds is 12. The van der Waals surface area contributed by atoms with E-state index < -0.39 is 11.4 Å². The molecule has 0 bridgehead atoms. The second-order valence-corrected chi connectivity index (χ2v) is 7.64. The van der Waals surface area contributed by atoms with Crippen molar-refractivity contribution in [2.24, 2.45) is 0 Å². The molecule has 2 aromatic carbocycles. The van der Waals surface area contributed by atoms with Gasteiger partial charge in [0, 0.05) is 34.6 Å². The fourth-order valence-electron chi connectivity index (χ4n) is 3.55. The number of esters is 1. The average Bonchev–Trinajstić information content (AvgIpc) is 2.84. The first-order chi connectivity index (χ1) is 15.4. The summed E-state index contributed by atoms with van der Waals surface area (Å²) in [6.07, 6.45) is 1.90. The number of methoxy groups -OCH3 is 3. The summed E-state index contributed by atoms with van der Waals surface area (Å²) in [5.41, 5.74) is 1.37. The maximum Gasteiger partial charge on any atom is 0.328 e.